The third-order valence-electron chi connectivity index (χ3n) is 3.41. The van der Waals surface area contributed by atoms with Crippen molar-refractivity contribution in [2.45, 2.75) is 39.7 Å². The molecule has 0 saturated carbocycles. The van der Waals surface area contributed by atoms with Gasteiger partial charge in [0, 0.05) is 30.9 Å². The Morgan fingerprint density at radius 1 is 1.10 bits per heavy atom. The molecule has 0 spiro atoms. The summed E-state index contributed by atoms with van der Waals surface area (Å²) in [5, 5.41) is 8.07. The van der Waals surface area contributed by atoms with Crippen molar-refractivity contribution in [2.75, 3.05) is 6.54 Å². The van der Waals surface area contributed by atoms with Gasteiger partial charge in [0.1, 0.15) is 0 Å². The highest BCUT2D eigenvalue weighted by molar-refractivity contribution is 5.63. The molecular weight excluding hydrogens is 246 g/mol. The zero-order chi connectivity index (χ0) is 14.4. The van der Waals surface area contributed by atoms with Crippen molar-refractivity contribution in [3.63, 3.8) is 0 Å². The fourth-order valence-corrected chi connectivity index (χ4v) is 2.43. The number of aryl methyl sites for hydroxylation is 2. The van der Waals surface area contributed by atoms with E-state index in [9.17, 15) is 0 Å². The number of aromatic nitrogens is 2. The Morgan fingerprint density at radius 2 is 1.85 bits per heavy atom. The zero-order valence-electron chi connectivity index (χ0n) is 12.8. The van der Waals surface area contributed by atoms with E-state index in [1.54, 1.807) is 0 Å². The molecule has 3 nitrogen and oxygen atoms in total. The first-order valence-corrected chi connectivity index (χ1v) is 7.57. The quantitative estimate of drug-likeness (QED) is 0.781. The van der Waals surface area contributed by atoms with Crippen molar-refractivity contribution < 1.29 is 0 Å². The number of nitrogens with one attached hydrogen (secondary N) is 1. The summed E-state index contributed by atoms with van der Waals surface area (Å²) in [6.07, 6.45) is 5.60. The number of hydrogen-bond donors (Lipinski definition) is 1. The molecule has 2 aromatic rings. The molecule has 0 amide bonds. The Morgan fingerprint density at radius 3 is 2.50 bits per heavy atom. The Kier molecular flexibility index (Phi) is 5.36. The minimum Gasteiger partial charge on any atom is -0.313 e. The molecule has 0 unspecified atom stereocenters. The SMILES string of the molecule is CCCNCc1cn(C)nc1-c1ccc(CCC)cc1. The molecule has 1 heterocycles. The van der Waals surface area contributed by atoms with E-state index >= 15 is 0 Å². The third-order valence-corrected chi connectivity index (χ3v) is 3.41. The summed E-state index contributed by atoms with van der Waals surface area (Å²) in [4.78, 5) is 0. The Labute approximate surface area is 122 Å². The highest BCUT2D eigenvalue weighted by atomic mass is 15.3. The van der Waals surface area contributed by atoms with Crippen LogP contribution in [0, 0.1) is 0 Å². The van der Waals surface area contributed by atoms with Crippen LogP contribution in [-0.4, -0.2) is 16.3 Å². The molecule has 0 aliphatic carbocycles. The average molecular weight is 271 g/mol. The summed E-state index contributed by atoms with van der Waals surface area (Å²) in [7, 11) is 1.98. The van der Waals surface area contributed by atoms with Gasteiger partial charge in [-0.15, -0.1) is 0 Å². The first-order valence-electron chi connectivity index (χ1n) is 7.57. The lowest BCUT2D eigenvalue weighted by atomic mass is 10.0. The van der Waals surface area contributed by atoms with E-state index in [2.05, 4.69) is 54.7 Å². The summed E-state index contributed by atoms with van der Waals surface area (Å²) in [5.41, 5.74) is 4.97. The predicted molar refractivity (Wildman–Crippen MR) is 84.6 cm³/mol. The lowest BCUT2D eigenvalue weighted by Crippen LogP contribution is -2.13. The minimum atomic E-state index is 0.883. The van der Waals surface area contributed by atoms with Crippen molar-refractivity contribution in [1.29, 1.82) is 0 Å². The van der Waals surface area contributed by atoms with Crippen molar-refractivity contribution in [1.82, 2.24) is 15.1 Å². The average Bonchev–Trinajstić information content (AvgIpc) is 2.81. The van der Waals surface area contributed by atoms with Gasteiger partial charge in [-0.1, -0.05) is 44.5 Å². The molecule has 2 rings (SSSR count). The summed E-state index contributed by atoms with van der Waals surface area (Å²) < 4.78 is 1.90. The van der Waals surface area contributed by atoms with E-state index in [4.69, 9.17) is 0 Å². The van der Waals surface area contributed by atoms with E-state index < -0.39 is 0 Å². The molecule has 0 radical (unpaired) electrons. The predicted octanol–water partition coefficient (Wildman–Crippen LogP) is 3.54. The van der Waals surface area contributed by atoms with Crippen molar-refractivity contribution in [3.8, 4) is 11.3 Å². The molecule has 0 aliphatic heterocycles. The second-order valence-electron chi connectivity index (χ2n) is 5.30. The van der Waals surface area contributed by atoms with Crippen LogP contribution in [0.5, 0.6) is 0 Å². The van der Waals surface area contributed by atoms with Crippen LogP contribution in [0.15, 0.2) is 30.5 Å². The molecule has 20 heavy (non-hydrogen) atoms. The van der Waals surface area contributed by atoms with E-state index in [0.717, 1.165) is 31.6 Å². The first kappa shape index (κ1) is 14.8. The van der Waals surface area contributed by atoms with Crippen molar-refractivity contribution in [2.24, 2.45) is 7.05 Å². The summed E-state index contributed by atoms with van der Waals surface area (Å²) in [6, 6.07) is 8.82. The summed E-state index contributed by atoms with van der Waals surface area (Å²) >= 11 is 0. The number of benzene rings is 1. The fraction of sp³-hybridized carbons (Fsp3) is 0.471. The van der Waals surface area contributed by atoms with Gasteiger partial charge in [-0.05, 0) is 24.9 Å². The van der Waals surface area contributed by atoms with Crippen LogP contribution < -0.4 is 5.32 Å². The van der Waals surface area contributed by atoms with Crippen LogP contribution in [0.25, 0.3) is 11.3 Å². The molecule has 1 aromatic carbocycles. The van der Waals surface area contributed by atoms with Crippen LogP contribution in [0.4, 0.5) is 0 Å². The molecule has 0 fully saturated rings. The number of hydrogen-bond acceptors (Lipinski definition) is 2. The van der Waals surface area contributed by atoms with E-state index in [1.807, 2.05) is 11.7 Å². The molecule has 0 saturated heterocycles. The van der Waals surface area contributed by atoms with Gasteiger partial charge in [0.05, 0.1) is 5.69 Å². The Balaban J connectivity index is 2.18. The topological polar surface area (TPSA) is 29.9 Å². The molecule has 3 heteroatoms. The van der Waals surface area contributed by atoms with E-state index in [-0.39, 0.29) is 0 Å². The van der Waals surface area contributed by atoms with Gasteiger partial charge in [-0.3, -0.25) is 4.68 Å². The lowest BCUT2D eigenvalue weighted by Gasteiger charge is -2.05. The lowest BCUT2D eigenvalue weighted by molar-refractivity contribution is 0.675. The van der Waals surface area contributed by atoms with Gasteiger partial charge < -0.3 is 5.32 Å². The zero-order valence-corrected chi connectivity index (χ0v) is 12.8. The second-order valence-corrected chi connectivity index (χ2v) is 5.30. The molecule has 0 aliphatic rings. The minimum absolute atomic E-state index is 0.883. The summed E-state index contributed by atoms with van der Waals surface area (Å²) in [6.45, 7) is 6.32. The first-order chi connectivity index (χ1) is 9.74. The van der Waals surface area contributed by atoms with Crippen molar-refractivity contribution in [3.05, 3.63) is 41.6 Å². The van der Waals surface area contributed by atoms with Crippen LogP contribution in [-0.2, 0) is 20.0 Å². The molecule has 0 bridgehead atoms. The maximum absolute atomic E-state index is 4.61. The van der Waals surface area contributed by atoms with Crippen LogP contribution in [0.2, 0.25) is 0 Å². The number of nitrogens with zero attached hydrogens (tertiary/aromatic N) is 2. The standard InChI is InChI=1S/C17H25N3/c1-4-6-14-7-9-15(10-8-14)17-16(12-18-11-5-2)13-20(3)19-17/h7-10,13,18H,4-6,11-12H2,1-3H3. The maximum Gasteiger partial charge on any atom is 0.0967 e. The largest absolute Gasteiger partial charge is 0.313 e. The molecule has 1 N–H and O–H groups in total. The highest BCUT2D eigenvalue weighted by Gasteiger charge is 2.09. The van der Waals surface area contributed by atoms with Crippen LogP contribution in [0.3, 0.4) is 0 Å². The van der Waals surface area contributed by atoms with Gasteiger partial charge in [-0.2, -0.15) is 5.10 Å². The maximum atomic E-state index is 4.61. The normalized spacial score (nSPS) is 10.9. The molecule has 1 aromatic heterocycles. The van der Waals surface area contributed by atoms with Crippen LogP contribution in [0.1, 0.15) is 37.8 Å². The Hall–Kier alpha value is -1.61. The molecular formula is C17H25N3. The van der Waals surface area contributed by atoms with Crippen molar-refractivity contribution >= 4 is 0 Å². The molecule has 0 atom stereocenters. The van der Waals surface area contributed by atoms with E-state index in [1.165, 1.54) is 23.1 Å². The molecule has 108 valence electrons. The second kappa shape index (κ2) is 7.25. The highest BCUT2D eigenvalue weighted by Crippen LogP contribution is 2.22. The third kappa shape index (κ3) is 3.70. The monoisotopic (exact) mass is 271 g/mol. The fourth-order valence-electron chi connectivity index (χ4n) is 2.43. The van der Waals surface area contributed by atoms with Gasteiger partial charge in [0.15, 0.2) is 0 Å². The summed E-state index contributed by atoms with van der Waals surface area (Å²) in [5.74, 6) is 0. The van der Waals surface area contributed by atoms with Gasteiger partial charge in [0.25, 0.3) is 0 Å². The smallest absolute Gasteiger partial charge is 0.0967 e. The van der Waals surface area contributed by atoms with Gasteiger partial charge in [-0.25, -0.2) is 0 Å². The van der Waals surface area contributed by atoms with Gasteiger partial charge in [0.2, 0.25) is 0 Å². The van der Waals surface area contributed by atoms with E-state index in [0.29, 0.717) is 0 Å². The van der Waals surface area contributed by atoms with Gasteiger partial charge >= 0.3 is 0 Å². The Bertz CT molecular complexity index is 526. The van der Waals surface area contributed by atoms with Crippen LogP contribution >= 0.6 is 0 Å². The number of rotatable bonds is 7.